The molecule has 1 aromatic heterocycles. The maximum absolute atomic E-state index is 13.3. The third kappa shape index (κ3) is 1.53. The van der Waals surface area contributed by atoms with Gasteiger partial charge in [0, 0.05) is 10.4 Å². The maximum Gasteiger partial charge on any atom is 0.180 e. The minimum Gasteiger partial charge on any atom is -0.195 e. The molecule has 0 radical (unpaired) electrons. The highest BCUT2D eigenvalue weighted by molar-refractivity contribution is 7.10. The van der Waals surface area contributed by atoms with E-state index in [2.05, 4.69) is 13.8 Å². The fourth-order valence-electron chi connectivity index (χ4n) is 1.57. The third-order valence-electron chi connectivity index (χ3n) is 2.18. The molecule has 0 saturated heterocycles. The van der Waals surface area contributed by atoms with Crippen molar-refractivity contribution in [1.82, 2.24) is 0 Å². The molecule has 0 spiro atoms. The average molecular weight is 186 g/mol. The standard InChI is InChI=1S/C10H15FS/c1-4-7-8(5-2)10(11)12-9(7)6-3/h4-6H2,1-3H3. The van der Waals surface area contributed by atoms with Gasteiger partial charge in [-0.15, -0.1) is 11.3 Å². The molecule has 0 fully saturated rings. The van der Waals surface area contributed by atoms with Crippen LogP contribution in [-0.2, 0) is 19.3 Å². The first-order valence-corrected chi connectivity index (χ1v) is 5.35. The molecule has 0 amide bonds. The molecule has 68 valence electrons. The molecule has 0 aliphatic rings. The van der Waals surface area contributed by atoms with Gasteiger partial charge in [-0.05, 0) is 24.8 Å². The molecule has 0 aromatic carbocycles. The zero-order valence-corrected chi connectivity index (χ0v) is 8.72. The molecule has 1 rings (SSSR count). The van der Waals surface area contributed by atoms with Crippen molar-refractivity contribution < 1.29 is 4.39 Å². The minimum atomic E-state index is 0.0335. The van der Waals surface area contributed by atoms with E-state index < -0.39 is 0 Å². The predicted molar refractivity (Wildman–Crippen MR) is 52.4 cm³/mol. The van der Waals surface area contributed by atoms with Gasteiger partial charge in [0.2, 0.25) is 0 Å². The van der Waals surface area contributed by atoms with Crippen LogP contribution in [0.2, 0.25) is 0 Å². The van der Waals surface area contributed by atoms with E-state index in [1.807, 2.05) is 6.92 Å². The van der Waals surface area contributed by atoms with Crippen molar-refractivity contribution in [2.75, 3.05) is 0 Å². The summed E-state index contributed by atoms with van der Waals surface area (Å²) in [6, 6.07) is 0. The molecule has 1 aromatic rings. The minimum absolute atomic E-state index is 0.0335. The molecular formula is C10H15FS. The molecule has 2 heteroatoms. The van der Waals surface area contributed by atoms with Crippen LogP contribution >= 0.6 is 11.3 Å². The average Bonchev–Trinajstić information content (AvgIpc) is 2.40. The molecule has 0 bridgehead atoms. The number of rotatable bonds is 3. The van der Waals surface area contributed by atoms with E-state index in [4.69, 9.17) is 0 Å². The topological polar surface area (TPSA) is 0 Å². The summed E-state index contributed by atoms with van der Waals surface area (Å²) < 4.78 is 13.3. The Hall–Kier alpha value is -0.370. The summed E-state index contributed by atoms with van der Waals surface area (Å²) >= 11 is 1.32. The first-order chi connectivity index (χ1) is 5.74. The number of hydrogen-bond donors (Lipinski definition) is 0. The second kappa shape index (κ2) is 4.04. The molecule has 0 unspecified atom stereocenters. The maximum atomic E-state index is 13.3. The largest absolute Gasteiger partial charge is 0.195 e. The van der Waals surface area contributed by atoms with Crippen LogP contribution in [-0.4, -0.2) is 0 Å². The van der Waals surface area contributed by atoms with Gasteiger partial charge >= 0.3 is 0 Å². The number of aryl methyl sites for hydroxylation is 1. The van der Waals surface area contributed by atoms with Crippen LogP contribution in [0.1, 0.15) is 36.8 Å². The smallest absolute Gasteiger partial charge is 0.180 e. The fourth-order valence-corrected chi connectivity index (χ4v) is 2.71. The van der Waals surface area contributed by atoms with Crippen LogP contribution in [0.3, 0.4) is 0 Å². The van der Waals surface area contributed by atoms with E-state index in [1.54, 1.807) is 0 Å². The van der Waals surface area contributed by atoms with E-state index >= 15 is 0 Å². The normalized spacial score (nSPS) is 10.7. The lowest BCUT2D eigenvalue weighted by atomic mass is 10.1. The molecule has 0 aliphatic carbocycles. The molecule has 12 heavy (non-hydrogen) atoms. The highest BCUT2D eigenvalue weighted by Gasteiger charge is 2.13. The van der Waals surface area contributed by atoms with Crippen LogP contribution in [0.15, 0.2) is 0 Å². The quantitative estimate of drug-likeness (QED) is 0.677. The highest BCUT2D eigenvalue weighted by Crippen LogP contribution is 2.28. The first kappa shape index (κ1) is 9.72. The van der Waals surface area contributed by atoms with Gasteiger partial charge < -0.3 is 0 Å². The second-order valence-corrected chi connectivity index (χ2v) is 3.87. The van der Waals surface area contributed by atoms with Crippen molar-refractivity contribution in [2.45, 2.75) is 40.0 Å². The summed E-state index contributed by atoms with van der Waals surface area (Å²) in [5.74, 6) is 0. The van der Waals surface area contributed by atoms with Gasteiger partial charge in [-0.2, -0.15) is 4.39 Å². The van der Waals surface area contributed by atoms with Crippen LogP contribution in [0.25, 0.3) is 0 Å². The van der Waals surface area contributed by atoms with E-state index in [0.717, 1.165) is 24.8 Å². The molecule has 0 atom stereocenters. The Labute approximate surface area is 77.4 Å². The van der Waals surface area contributed by atoms with Gasteiger partial charge in [0.25, 0.3) is 0 Å². The summed E-state index contributed by atoms with van der Waals surface area (Å²) in [5, 5.41) is 0.0335. The molecule has 1 heterocycles. The van der Waals surface area contributed by atoms with Crippen molar-refractivity contribution in [3.63, 3.8) is 0 Å². The van der Waals surface area contributed by atoms with Gasteiger partial charge in [-0.25, -0.2) is 0 Å². The third-order valence-corrected chi connectivity index (χ3v) is 3.39. The van der Waals surface area contributed by atoms with Crippen LogP contribution in [0, 0.1) is 5.13 Å². The summed E-state index contributed by atoms with van der Waals surface area (Å²) in [7, 11) is 0. The van der Waals surface area contributed by atoms with Crippen LogP contribution < -0.4 is 0 Å². The van der Waals surface area contributed by atoms with Crippen molar-refractivity contribution in [2.24, 2.45) is 0 Å². The van der Waals surface area contributed by atoms with Crippen molar-refractivity contribution >= 4 is 11.3 Å². The van der Waals surface area contributed by atoms with Crippen LogP contribution in [0.4, 0.5) is 4.39 Å². The monoisotopic (exact) mass is 186 g/mol. The second-order valence-electron chi connectivity index (χ2n) is 2.82. The van der Waals surface area contributed by atoms with Gasteiger partial charge in [-0.1, -0.05) is 20.8 Å². The Balaban J connectivity index is 3.16. The molecule has 0 nitrogen and oxygen atoms in total. The predicted octanol–water partition coefficient (Wildman–Crippen LogP) is 3.57. The summed E-state index contributed by atoms with van der Waals surface area (Å²) in [6.45, 7) is 6.20. The summed E-state index contributed by atoms with van der Waals surface area (Å²) in [6.07, 6.45) is 2.75. The number of hydrogen-bond acceptors (Lipinski definition) is 1. The van der Waals surface area contributed by atoms with Gasteiger partial charge in [0.05, 0.1) is 0 Å². The lowest BCUT2D eigenvalue weighted by molar-refractivity contribution is 0.640. The van der Waals surface area contributed by atoms with Crippen LogP contribution in [0.5, 0.6) is 0 Å². The molecule has 0 N–H and O–H groups in total. The van der Waals surface area contributed by atoms with E-state index in [0.29, 0.717) is 0 Å². The van der Waals surface area contributed by atoms with Gasteiger partial charge in [-0.3, -0.25) is 0 Å². The van der Waals surface area contributed by atoms with E-state index in [-0.39, 0.29) is 5.13 Å². The Bertz CT molecular complexity index is 263. The Morgan fingerprint density at radius 2 is 1.58 bits per heavy atom. The molecular weight excluding hydrogens is 171 g/mol. The van der Waals surface area contributed by atoms with Crippen molar-refractivity contribution in [3.8, 4) is 0 Å². The van der Waals surface area contributed by atoms with Crippen molar-refractivity contribution in [1.29, 1.82) is 0 Å². The van der Waals surface area contributed by atoms with Gasteiger partial charge in [0.15, 0.2) is 5.13 Å². The summed E-state index contributed by atoms with van der Waals surface area (Å²) in [4.78, 5) is 1.23. The Kier molecular flexibility index (Phi) is 3.27. The zero-order valence-electron chi connectivity index (χ0n) is 7.91. The fraction of sp³-hybridized carbons (Fsp3) is 0.600. The Morgan fingerprint density at radius 3 is 2.00 bits per heavy atom. The van der Waals surface area contributed by atoms with E-state index in [9.17, 15) is 4.39 Å². The summed E-state index contributed by atoms with van der Waals surface area (Å²) in [5.41, 5.74) is 2.20. The number of halogens is 1. The molecule has 0 aliphatic heterocycles. The SMILES string of the molecule is CCc1sc(F)c(CC)c1CC. The van der Waals surface area contributed by atoms with E-state index in [1.165, 1.54) is 21.8 Å². The lowest BCUT2D eigenvalue weighted by Crippen LogP contribution is -1.90. The number of thiophene rings is 1. The zero-order chi connectivity index (χ0) is 9.14. The van der Waals surface area contributed by atoms with Gasteiger partial charge in [0.1, 0.15) is 0 Å². The first-order valence-electron chi connectivity index (χ1n) is 4.53. The van der Waals surface area contributed by atoms with Crippen molar-refractivity contribution in [3.05, 3.63) is 21.1 Å². The Morgan fingerprint density at radius 1 is 1.00 bits per heavy atom. The molecule has 0 saturated carbocycles. The lowest BCUT2D eigenvalue weighted by Gasteiger charge is -1.99. The highest BCUT2D eigenvalue weighted by atomic mass is 32.1.